The molecule has 2 amide bonds. The van der Waals surface area contributed by atoms with Gasteiger partial charge in [0, 0.05) is 0 Å². The van der Waals surface area contributed by atoms with E-state index in [4.69, 9.17) is 9.94 Å². The summed E-state index contributed by atoms with van der Waals surface area (Å²) in [5.41, 5.74) is 1.10. The van der Waals surface area contributed by atoms with E-state index < -0.39 is 0 Å². The van der Waals surface area contributed by atoms with Gasteiger partial charge in [-0.25, -0.2) is 5.06 Å². The molecule has 1 fully saturated rings. The molecule has 1 saturated carbocycles. The Bertz CT molecular complexity index is 480. The van der Waals surface area contributed by atoms with Crippen molar-refractivity contribution < 1.29 is 19.5 Å². The van der Waals surface area contributed by atoms with Crippen LogP contribution in [0.3, 0.4) is 0 Å². The van der Waals surface area contributed by atoms with Crippen LogP contribution >= 0.6 is 0 Å². The van der Waals surface area contributed by atoms with Crippen molar-refractivity contribution in [1.82, 2.24) is 10.4 Å². The number of hydrogen-bond acceptors (Lipinski definition) is 4. The van der Waals surface area contributed by atoms with Gasteiger partial charge in [0.05, 0.1) is 18.8 Å². The molecule has 0 aromatic heterocycles. The number of rotatable bonds is 7. The molecule has 0 heterocycles. The second-order valence-electron chi connectivity index (χ2n) is 5.50. The molecule has 1 aliphatic rings. The highest BCUT2D eigenvalue weighted by Crippen LogP contribution is 2.22. The minimum atomic E-state index is -0.380. The van der Waals surface area contributed by atoms with E-state index in [1.54, 1.807) is 0 Å². The Hall–Kier alpha value is -1.92. The topological polar surface area (TPSA) is 78.9 Å². The van der Waals surface area contributed by atoms with Gasteiger partial charge in [-0.1, -0.05) is 43.2 Å². The summed E-state index contributed by atoms with van der Waals surface area (Å²) in [5, 5.41) is 12.2. The second kappa shape index (κ2) is 8.51. The quantitative estimate of drug-likeness (QED) is 0.454. The van der Waals surface area contributed by atoms with Gasteiger partial charge in [0.25, 0.3) is 0 Å². The Morgan fingerprint density at radius 3 is 2.77 bits per heavy atom. The molecule has 0 radical (unpaired) electrons. The lowest BCUT2D eigenvalue weighted by Gasteiger charge is -2.32. The van der Waals surface area contributed by atoms with Crippen LogP contribution < -0.4 is 5.32 Å². The van der Waals surface area contributed by atoms with Gasteiger partial charge >= 0.3 is 0 Å². The Labute approximate surface area is 130 Å². The number of ether oxygens (including phenoxy) is 1. The van der Waals surface area contributed by atoms with E-state index in [0.717, 1.165) is 31.2 Å². The first kappa shape index (κ1) is 16.5. The summed E-state index contributed by atoms with van der Waals surface area (Å²) in [4.78, 5) is 22.1. The Morgan fingerprint density at radius 2 is 2.05 bits per heavy atom. The van der Waals surface area contributed by atoms with Gasteiger partial charge in [-0.2, -0.15) is 0 Å². The van der Waals surface area contributed by atoms with E-state index >= 15 is 0 Å². The average Bonchev–Trinajstić information content (AvgIpc) is 2.54. The molecule has 1 unspecified atom stereocenters. The lowest BCUT2D eigenvalue weighted by atomic mass is 9.92. The summed E-state index contributed by atoms with van der Waals surface area (Å²) in [7, 11) is 0. The molecule has 1 aromatic rings. The number of nitrogens with zero attached hydrogens (tertiary/aromatic N) is 1. The van der Waals surface area contributed by atoms with E-state index in [1.165, 1.54) is 0 Å². The molecule has 6 heteroatoms. The minimum Gasteiger partial charge on any atom is -0.371 e. The summed E-state index contributed by atoms with van der Waals surface area (Å²) in [6.07, 6.45) is 4.02. The molecule has 2 rings (SSSR count). The number of hydroxylamine groups is 2. The van der Waals surface area contributed by atoms with Gasteiger partial charge in [0.2, 0.25) is 12.3 Å². The highest BCUT2D eigenvalue weighted by Gasteiger charge is 2.27. The van der Waals surface area contributed by atoms with E-state index in [9.17, 15) is 9.59 Å². The van der Waals surface area contributed by atoms with Crippen LogP contribution in [0.2, 0.25) is 0 Å². The Balaban J connectivity index is 1.85. The normalized spacial score (nSPS) is 21.1. The molecule has 6 nitrogen and oxygen atoms in total. The number of nitrogens with one attached hydrogen (secondary N) is 1. The van der Waals surface area contributed by atoms with Crippen molar-refractivity contribution in [2.75, 3.05) is 6.54 Å². The van der Waals surface area contributed by atoms with Crippen LogP contribution in [0.5, 0.6) is 0 Å². The smallest absolute Gasteiger partial charge is 0.242 e. The van der Waals surface area contributed by atoms with Crippen molar-refractivity contribution in [3.05, 3.63) is 35.9 Å². The van der Waals surface area contributed by atoms with Crippen molar-refractivity contribution in [1.29, 1.82) is 0 Å². The van der Waals surface area contributed by atoms with Crippen LogP contribution in [0.25, 0.3) is 0 Å². The molecule has 0 bridgehead atoms. The molecule has 0 saturated heterocycles. The zero-order valence-corrected chi connectivity index (χ0v) is 12.5. The Kier molecular flexibility index (Phi) is 6.36. The molecule has 1 aliphatic carbocycles. The van der Waals surface area contributed by atoms with Crippen LogP contribution in [0.1, 0.15) is 31.2 Å². The second-order valence-corrected chi connectivity index (χ2v) is 5.50. The van der Waals surface area contributed by atoms with Gasteiger partial charge in [-0.3, -0.25) is 14.8 Å². The number of hydrogen-bond donors (Lipinski definition) is 2. The molecule has 22 heavy (non-hydrogen) atoms. The highest BCUT2D eigenvalue weighted by atomic mass is 16.5. The van der Waals surface area contributed by atoms with Crippen molar-refractivity contribution in [3.63, 3.8) is 0 Å². The van der Waals surface area contributed by atoms with Crippen molar-refractivity contribution in [3.8, 4) is 0 Å². The molecule has 2 atom stereocenters. The molecular formula is C16H22N2O4. The lowest BCUT2D eigenvalue weighted by Crippen LogP contribution is -2.48. The number of benzene rings is 1. The van der Waals surface area contributed by atoms with E-state index in [0.29, 0.717) is 11.7 Å². The van der Waals surface area contributed by atoms with Gasteiger partial charge < -0.3 is 10.1 Å². The first-order chi connectivity index (χ1) is 10.7. The standard InChI is InChI=1S/C16H22N2O4/c19-12-18(21)10-16(20)17-14-8-4-5-9-15(14)22-11-13-6-2-1-3-7-13/h1-3,6-7,12,14-15,21H,4-5,8-11H2,(H,17,20)/t14-,15?/m1/s1. The predicted molar refractivity (Wildman–Crippen MR) is 80.0 cm³/mol. The maximum absolute atomic E-state index is 11.8. The first-order valence-corrected chi connectivity index (χ1v) is 7.54. The summed E-state index contributed by atoms with van der Waals surface area (Å²) < 4.78 is 5.95. The third kappa shape index (κ3) is 5.13. The monoisotopic (exact) mass is 306 g/mol. The number of carbonyl (C=O) groups is 2. The SMILES string of the molecule is O=CN(O)CC(=O)N[C@@H]1CCCCC1OCc1ccccc1. The van der Waals surface area contributed by atoms with Crippen LogP contribution in [0.4, 0.5) is 0 Å². The van der Waals surface area contributed by atoms with E-state index in [-0.39, 0.29) is 31.0 Å². The lowest BCUT2D eigenvalue weighted by molar-refractivity contribution is -0.156. The largest absolute Gasteiger partial charge is 0.371 e. The number of amides is 2. The summed E-state index contributed by atoms with van der Waals surface area (Å²) in [6, 6.07) is 9.82. The van der Waals surface area contributed by atoms with E-state index in [1.807, 2.05) is 30.3 Å². The van der Waals surface area contributed by atoms with Gasteiger partial charge in [0.1, 0.15) is 6.54 Å². The van der Waals surface area contributed by atoms with Crippen molar-refractivity contribution >= 4 is 12.3 Å². The van der Waals surface area contributed by atoms with Gasteiger partial charge in [0.15, 0.2) is 0 Å². The average molecular weight is 306 g/mol. The summed E-state index contributed by atoms with van der Waals surface area (Å²) >= 11 is 0. The highest BCUT2D eigenvalue weighted by molar-refractivity contribution is 5.79. The fourth-order valence-corrected chi connectivity index (χ4v) is 2.68. The predicted octanol–water partition coefficient (Wildman–Crippen LogP) is 1.48. The zero-order chi connectivity index (χ0) is 15.8. The Morgan fingerprint density at radius 1 is 1.32 bits per heavy atom. The maximum atomic E-state index is 11.8. The van der Waals surface area contributed by atoms with Gasteiger partial charge in [-0.15, -0.1) is 0 Å². The first-order valence-electron chi connectivity index (χ1n) is 7.54. The molecule has 1 aromatic carbocycles. The maximum Gasteiger partial charge on any atom is 0.242 e. The molecular weight excluding hydrogens is 284 g/mol. The van der Waals surface area contributed by atoms with Crippen molar-refractivity contribution in [2.45, 2.75) is 44.4 Å². The van der Waals surface area contributed by atoms with Crippen LogP contribution in [-0.2, 0) is 20.9 Å². The zero-order valence-electron chi connectivity index (χ0n) is 12.5. The van der Waals surface area contributed by atoms with Crippen LogP contribution in [-0.4, -0.2) is 41.3 Å². The van der Waals surface area contributed by atoms with E-state index in [2.05, 4.69) is 5.32 Å². The van der Waals surface area contributed by atoms with Gasteiger partial charge in [-0.05, 0) is 18.4 Å². The van der Waals surface area contributed by atoms with Crippen LogP contribution in [0, 0.1) is 0 Å². The summed E-state index contributed by atoms with van der Waals surface area (Å²) in [5.74, 6) is -0.380. The molecule has 120 valence electrons. The summed E-state index contributed by atoms with van der Waals surface area (Å²) in [6.45, 7) is 0.156. The fraction of sp³-hybridized carbons (Fsp3) is 0.500. The molecule has 0 spiro atoms. The fourth-order valence-electron chi connectivity index (χ4n) is 2.68. The number of carbonyl (C=O) groups excluding carboxylic acids is 2. The van der Waals surface area contributed by atoms with Crippen LogP contribution in [0.15, 0.2) is 30.3 Å². The molecule has 0 aliphatic heterocycles. The third-order valence-corrected chi connectivity index (χ3v) is 3.78. The third-order valence-electron chi connectivity index (χ3n) is 3.78. The minimum absolute atomic E-state index is 0.0405. The molecule has 2 N–H and O–H groups in total. The van der Waals surface area contributed by atoms with Crippen molar-refractivity contribution in [2.24, 2.45) is 0 Å².